The number of methoxy groups -OCH3 is 5. The number of benzene rings is 2. The van der Waals surface area contributed by atoms with Crippen LogP contribution < -0.4 is 23.7 Å². The number of aliphatic hydroxyl groups excluding tert-OH is 1. The quantitative estimate of drug-likeness (QED) is 0.445. The Morgan fingerprint density at radius 2 is 1.44 bits per heavy atom. The van der Waals surface area contributed by atoms with Crippen LogP contribution in [0, 0.1) is 0 Å². The molecule has 3 rings (SSSR count). The van der Waals surface area contributed by atoms with E-state index in [0.29, 0.717) is 17.2 Å². The van der Waals surface area contributed by atoms with E-state index in [-0.39, 0.29) is 12.6 Å². The molecule has 176 valence electrons. The second-order valence-electron chi connectivity index (χ2n) is 8.41. The summed E-state index contributed by atoms with van der Waals surface area (Å²) < 4.78 is 28.7. The SMILES string of the molecule is COc1cc2c(cc1OC)[C@H](Cc1cc(OC)c(OC)c(OC)c1)[N@@+]([13CH3])(CCCO)CC2. The number of ether oxygens (including phenoxy) is 5. The molecule has 32 heavy (non-hydrogen) atoms. The molecule has 1 aliphatic heterocycles. The van der Waals surface area contributed by atoms with Gasteiger partial charge in [-0.15, -0.1) is 0 Å². The summed E-state index contributed by atoms with van der Waals surface area (Å²) in [6.07, 6.45) is 2.48. The minimum absolute atomic E-state index is 0.174. The monoisotopic (exact) mass is 447 g/mol. The van der Waals surface area contributed by atoms with Crippen LogP contribution in [0.4, 0.5) is 0 Å². The molecule has 1 aliphatic rings. The Hall–Kier alpha value is -2.64. The van der Waals surface area contributed by atoms with Gasteiger partial charge >= 0.3 is 0 Å². The summed E-state index contributed by atoms with van der Waals surface area (Å²) in [5.74, 6) is 3.37. The molecular formula is C25H36NO6+. The summed E-state index contributed by atoms with van der Waals surface area (Å²) in [6.45, 7) is 2.06. The lowest BCUT2D eigenvalue weighted by atomic mass is 9.86. The maximum absolute atomic E-state index is 9.53. The van der Waals surface area contributed by atoms with Crippen molar-refractivity contribution in [1.29, 1.82) is 0 Å². The normalized spacial score (nSPS) is 19.8. The summed E-state index contributed by atoms with van der Waals surface area (Å²) in [4.78, 5) is 0. The number of likely N-dealkylation sites (N-methyl/N-ethyl adjacent to an activating group) is 1. The van der Waals surface area contributed by atoms with Crippen molar-refractivity contribution in [2.45, 2.75) is 25.3 Å². The van der Waals surface area contributed by atoms with Gasteiger partial charge in [0.15, 0.2) is 23.0 Å². The van der Waals surface area contributed by atoms with E-state index in [4.69, 9.17) is 23.7 Å². The van der Waals surface area contributed by atoms with Crippen LogP contribution in [0.5, 0.6) is 28.7 Å². The van der Waals surface area contributed by atoms with Crippen LogP contribution in [-0.2, 0) is 12.8 Å². The Morgan fingerprint density at radius 3 is 1.97 bits per heavy atom. The van der Waals surface area contributed by atoms with Gasteiger partial charge in [0.05, 0.1) is 55.7 Å². The lowest BCUT2D eigenvalue weighted by Crippen LogP contribution is -2.52. The van der Waals surface area contributed by atoms with E-state index < -0.39 is 0 Å². The highest BCUT2D eigenvalue weighted by Crippen LogP contribution is 2.44. The van der Waals surface area contributed by atoms with E-state index >= 15 is 0 Å². The highest BCUT2D eigenvalue weighted by molar-refractivity contribution is 5.54. The van der Waals surface area contributed by atoms with Gasteiger partial charge < -0.3 is 33.3 Å². The van der Waals surface area contributed by atoms with Crippen LogP contribution in [0.3, 0.4) is 0 Å². The average molecular weight is 448 g/mol. The molecular weight excluding hydrogens is 411 g/mol. The van der Waals surface area contributed by atoms with E-state index in [1.807, 2.05) is 12.1 Å². The maximum Gasteiger partial charge on any atom is 0.203 e. The Morgan fingerprint density at radius 1 is 0.844 bits per heavy atom. The Labute approximate surface area is 191 Å². The van der Waals surface area contributed by atoms with Crippen LogP contribution in [0.1, 0.15) is 29.2 Å². The smallest absolute Gasteiger partial charge is 0.203 e. The molecule has 2 aromatic rings. The van der Waals surface area contributed by atoms with Crippen LogP contribution in [-0.4, -0.2) is 71.9 Å². The van der Waals surface area contributed by atoms with E-state index in [1.54, 1.807) is 35.5 Å². The summed E-state index contributed by atoms with van der Waals surface area (Å²) in [7, 11) is 10.5. The average Bonchev–Trinajstić information content (AvgIpc) is 2.83. The van der Waals surface area contributed by atoms with Crippen LogP contribution in [0.2, 0.25) is 0 Å². The van der Waals surface area contributed by atoms with Gasteiger partial charge in [0.1, 0.15) is 6.04 Å². The van der Waals surface area contributed by atoms with Gasteiger partial charge in [0.2, 0.25) is 5.75 Å². The second-order valence-corrected chi connectivity index (χ2v) is 8.41. The molecule has 0 saturated carbocycles. The first-order chi connectivity index (χ1) is 15.4. The molecule has 2 aromatic carbocycles. The number of hydrogen-bond acceptors (Lipinski definition) is 6. The van der Waals surface area contributed by atoms with Gasteiger partial charge in [-0.3, -0.25) is 0 Å². The van der Waals surface area contributed by atoms with Crippen LogP contribution in [0.15, 0.2) is 24.3 Å². The van der Waals surface area contributed by atoms with Gasteiger partial charge in [-0.2, -0.15) is 0 Å². The van der Waals surface area contributed by atoms with Crippen molar-refractivity contribution < 1.29 is 33.3 Å². The molecule has 0 fully saturated rings. The summed E-state index contributed by atoms with van der Waals surface area (Å²) in [5, 5.41) is 9.53. The first kappa shape index (κ1) is 24.0. The predicted octanol–water partition coefficient (Wildman–Crippen LogP) is 3.40. The number of hydrogen-bond donors (Lipinski definition) is 1. The fourth-order valence-corrected chi connectivity index (χ4v) is 4.84. The Bertz CT molecular complexity index is 906. The zero-order chi connectivity index (χ0) is 23.3. The standard InChI is InChI=1S/C25H36NO6/c1-26(9-7-11-27)10-8-18-15-21(28-2)22(29-3)16-19(18)20(26)12-17-13-23(30-4)25(32-6)24(14-17)31-5/h13-16,20,27H,7-12H2,1-6H3/q+1/t20-,26-/m0/s1/i1+1. The highest BCUT2D eigenvalue weighted by Gasteiger charge is 2.39. The fraction of sp³-hybridized carbons (Fsp3) is 0.520. The molecule has 0 amide bonds. The van der Waals surface area contributed by atoms with Crippen molar-refractivity contribution in [1.82, 2.24) is 0 Å². The zero-order valence-corrected chi connectivity index (χ0v) is 20.1. The predicted molar refractivity (Wildman–Crippen MR) is 123 cm³/mol. The highest BCUT2D eigenvalue weighted by atomic mass is 16.5. The number of rotatable bonds is 10. The molecule has 1 N–H and O–H groups in total. The van der Waals surface area contributed by atoms with Crippen LogP contribution >= 0.6 is 0 Å². The first-order valence-corrected chi connectivity index (χ1v) is 10.9. The minimum Gasteiger partial charge on any atom is -0.493 e. The molecule has 0 bridgehead atoms. The summed E-state index contributed by atoms with van der Waals surface area (Å²) >= 11 is 0. The molecule has 0 unspecified atom stereocenters. The number of fused-ring (bicyclic) bond motifs is 1. The van der Waals surface area contributed by atoms with Crippen molar-refractivity contribution in [3.63, 3.8) is 0 Å². The van der Waals surface area contributed by atoms with Gasteiger partial charge in [-0.05, 0) is 35.4 Å². The third-order valence-corrected chi connectivity index (χ3v) is 6.63. The van der Waals surface area contributed by atoms with Gasteiger partial charge in [-0.25, -0.2) is 0 Å². The molecule has 2 atom stereocenters. The Balaban J connectivity index is 2.10. The maximum atomic E-state index is 9.53. The molecule has 0 aliphatic carbocycles. The molecule has 7 nitrogen and oxygen atoms in total. The molecule has 0 spiro atoms. The van der Waals surface area contributed by atoms with Crippen molar-refractivity contribution >= 4 is 0 Å². The molecule has 0 radical (unpaired) electrons. The molecule has 1 heterocycles. The third-order valence-electron chi connectivity index (χ3n) is 6.63. The first-order valence-electron chi connectivity index (χ1n) is 10.9. The van der Waals surface area contributed by atoms with E-state index in [9.17, 15) is 5.11 Å². The third kappa shape index (κ3) is 4.59. The number of aliphatic hydroxyl groups is 1. The number of quaternary nitrogens is 1. The van der Waals surface area contributed by atoms with Crippen molar-refractivity contribution in [2.75, 3.05) is 62.3 Å². The minimum atomic E-state index is 0.174. The molecule has 0 aromatic heterocycles. The fourth-order valence-electron chi connectivity index (χ4n) is 4.84. The van der Waals surface area contributed by atoms with Crippen molar-refractivity contribution in [3.8, 4) is 28.7 Å². The molecule has 7 heteroatoms. The Kier molecular flexibility index (Phi) is 7.74. The lowest BCUT2D eigenvalue weighted by Gasteiger charge is -2.46. The zero-order valence-electron chi connectivity index (χ0n) is 20.1. The van der Waals surface area contributed by atoms with Gasteiger partial charge in [0, 0.05) is 31.4 Å². The number of nitrogens with zero attached hydrogens (tertiary/aromatic N) is 1. The second kappa shape index (κ2) is 10.3. The topological polar surface area (TPSA) is 66.4 Å². The van der Waals surface area contributed by atoms with Gasteiger partial charge in [-0.1, -0.05) is 0 Å². The van der Waals surface area contributed by atoms with E-state index in [2.05, 4.69) is 19.2 Å². The lowest BCUT2D eigenvalue weighted by molar-refractivity contribution is -0.941. The van der Waals surface area contributed by atoms with E-state index in [1.165, 1.54) is 11.1 Å². The van der Waals surface area contributed by atoms with Crippen molar-refractivity contribution in [2.24, 2.45) is 0 Å². The summed E-state index contributed by atoms with van der Waals surface area (Å²) in [5.41, 5.74) is 3.63. The van der Waals surface area contributed by atoms with E-state index in [0.717, 1.165) is 53.9 Å². The van der Waals surface area contributed by atoms with Gasteiger partial charge in [0.25, 0.3) is 0 Å². The summed E-state index contributed by atoms with van der Waals surface area (Å²) in [6, 6.07) is 8.43. The largest absolute Gasteiger partial charge is 0.493 e. The van der Waals surface area contributed by atoms with Crippen molar-refractivity contribution in [3.05, 3.63) is 41.0 Å². The molecule has 0 saturated heterocycles. The van der Waals surface area contributed by atoms with Crippen LogP contribution in [0.25, 0.3) is 0 Å².